The van der Waals surface area contributed by atoms with E-state index in [4.69, 9.17) is 21.1 Å². The summed E-state index contributed by atoms with van der Waals surface area (Å²) in [6.45, 7) is 2.77. The van der Waals surface area contributed by atoms with Gasteiger partial charge in [0.25, 0.3) is 11.1 Å². The number of thioether (sulfide) groups is 1. The maximum Gasteiger partial charge on any atom is 0.335 e. The third-order valence-electron chi connectivity index (χ3n) is 6.23. The number of carboxylic acids is 1. The molecule has 1 saturated heterocycles. The molecule has 190 valence electrons. The molecule has 2 aromatic rings. The fourth-order valence-corrected chi connectivity index (χ4v) is 5.58. The zero-order valence-electron chi connectivity index (χ0n) is 20.0. The second kappa shape index (κ2) is 11.8. The number of nitrogens with zero attached hydrogens (tertiary/aromatic N) is 1. The maximum absolute atomic E-state index is 13.0. The minimum absolute atomic E-state index is 0.0975. The predicted octanol–water partition coefficient (Wildman–Crippen LogP) is 6.63. The topological polar surface area (TPSA) is 93.1 Å². The van der Waals surface area contributed by atoms with E-state index < -0.39 is 5.97 Å². The van der Waals surface area contributed by atoms with Gasteiger partial charge in [-0.15, -0.1) is 0 Å². The normalized spacial score (nSPS) is 17.6. The van der Waals surface area contributed by atoms with E-state index in [-0.39, 0.29) is 28.3 Å². The second-order valence-corrected chi connectivity index (χ2v) is 10.3. The number of carbonyl (C=O) groups is 3. The van der Waals surface area contributed by atoms with Crippen molar-refractivity contribution >= 4 is 46.6 Å². The molecule has 2 fully saturated rings. The Balaban J connectivity index is 1.52. The summed E-state index contributed by atoms with van der Waals surface area (Å²) >= 11 is 7.47. The number of imide groups is 1. The molecule has 1 saturated carbocycles. The van der Waals surface area contributed by atoms with Gasteiger partial charge in [0.15, 0.2) is 11.5 Å². The highest BCUT2D eigenvalue weighted by atomic mass is 35.5. The largest absolute Gasteiger partial charge is 0.490 e. The van der Waals surface area contributed by atoms with Crippen LogP contribution in [-0.4, -0.2) is 40.3 Å². The predicted molar refractivity (Wildman–Crippen MR) is 140 cm³/mol. The lowest BCUT2D eigenvalue weighted by Crippen LogP contribution is -2.34. The lowest BCUT2D eigenvalue weighted by molar-refractivity contribution is -0.123. The minimum Gasteiger partial charge on any atom is -0.490 e. The van der Waals surface area contributed by atoms with Crippen LogP contribution in [0.5, 0.6) is 11.5 Å². The monoisotopic (exact) mass is 529 g/mol. The molecule has 1 heterocycles. The molecule has 0 atom stereocenters. The molecule has 0 unspecified atom stereocenters. The highest BCUT2D eigenvalue weighted by Crippen LogP contribution is 2.40. The van der Waals surface area contributed by atoms with Crippen LogP contribution >= 0.6 is 23.4 Å². The van der Waals surface area contributed by atoms with Crippen LogP contribution in [0.25, 0.3) is 6.08 Å². The van der Waals surface area contributed by atoms with Crippen LogP contribution in [0.3, 0.4) is 0 Å². The highest BCUT2D eigenvalue weighted by molar-refractivity contribution is 8.18. The van der Waals surface area contributed by atoms with Gasteiger partial charge >= 0.3 is 5.97 Å². The number of ether oxygens (including phenoxy) is 2. The number of carboxylic acid groups (broad SMARTS) is 1. The van der Waals surface area contributed by atoms with E-state index in [2.05, 4.69) is 0 Å². The van der Waals surface area contributed by atoms with Crippen LogP contribution in [-0.2, 0) is 11.4 Å². The fourth-order valence-electron chi connectivity index (χ4n) is 4.46. The van der Waals surface area contributed by atoms with E-state index in [0.29, 0.717) is 46.6 Å². The number of aromatic carboxylic acids is 1. The Morgan fingerprint density at radius 2 is 1.94 bits per heavy atom. The molecular weight excluding hydrogens is 502 g/mol. The molecule has 9 heteroatoms. The van der Waals surface area contributed by atoms with E-state index in [1.165, 1.54) is 23.5 Å². The van der Waals surface area contributed by atoms with Crippen molar-refractivity contribution in [3.8, 4) is 11.5 Å². The quantitative estimate of drug-likeness (QED) is 0.364. The summed E-state index contributed by atoms with van der Waals surface area (Å²) in [6.07, 6.45) is 7.27. The molecular formula is C27H28ClNO6S. The average molecular weight is 530 g/mol. The van der Waals surface area contributed by atoms with Gasteiger partial charge < -0.3 is 14.6 Å². The Labute approximate surface area is 219 Å². The molecule has 1 N–H and O–H groups in total. The molecule has 0 spiro atoms. The summed E-state index contributed by atoms with van der Waals surface area (Å²) in [5.41, 5.74) is 1.45. The third kappa shape index (κ3) is 6.23. The van der Waals surface area contributed by atoms with Crippen molar-refractivity contribution in [2.24, 2.45) is 5.92 Å². The Hall–Kier alpha value is -2.97. The van der Waals surface area contributed by atoms with Crippen molar-refractivity contribution in [2.75, 3.05) is 13.2 Å². The summed E-state index contributed by atoms with van der Waals surface area (Å²) < 4.78 is 11.6. The zero-order valence-corrected chi connectivity index (χ0v) is 21.6. The first-order valence-electron chi connectivity index (χ1n) is 12.0. The van der Waals surface area contributed by atoms with Gasteiger partial charge in [-0.1, -0.05) is 43.0 Å². The molecule has 36 heavy (non-hydrogen) atoms. The fraction of sp³-hybridized carbons (Fsp3) is 0.370. The van der Waals surface area contributed by atoms with Crippen molar-refractivity contribution in [3.05, 3.63) is 63.0 Å². The molecule has 2 aromatic carbocycles. The molecule has 1 aliphatic heterocycles. The van der Waals surface area contributed by atoms with Gasteiger partial charge in [-0.25, -0.2) is 4.79 Å². The zero-order chi connectivity index (χ0) is 25.7. The van der Waals surface area contributed by atoms with Gasteiger partial charge in [0.1, 0.15) is 6.61 Å². The first kappa shape index (κ1) is 26.1. The van der Waals surface area contributed by atoms with E-state index in [9.17, 15) is 19.5 Å². The Kier molecular flexibility index (Phi) is 8.59. The molecule has 2 amide bonds. The summed E-state index contributed by atoms with van der Waals surface area (Å²) in [5, 5.41) is 9.24. The van der Waals surface area contributed by atoms with Crippen molar-refractivity contribution in [3.63, 3.8) is 0 Å². The third-order valence-corrected chi connectivity index (χ3v) is 7.41. The van der Waals surface area contributed by atoms with E-state index in [1.807, 2.05) is 6.92 Å². The van der Waals surface area contributed by atoms with Crippen molar-refractivity contribution < 1.29 is 29.0 Å². The summed E-state index contributed by atoms with van der Waals surface area (Å²) in [5.74, 6) is -0.201. The Bertz CT molecular complexity index is 1190. The van der Waals surface area contributed by atoms with Crippen molar-refractivity contribution in [1.82, 2.24) is 4.90 Å². The van der Waals surface area contributed by atoms with Crippen LogP contribution in [0.2, 0.25) is 5.02 Å². The summed E-state index contributed by atoms with van der Waals surface area (Å²) in [4.78, 5) is 38.5. The number of hydrogen-bond acceptors (Lipinski definition) is 6. The van der Waals surface area contributed by atoms with E-state index in [1.54, 1.807) is 30.3 Å². The minimum atomic E-state index is -1.02. The number of benzene rings is 2. The molecule has 0 radical (unpaired) electrons. The summed E-state index contributed by atoms with van der Waals surface area (Å²) in [6, 6.07) is 9.83. The van der Waals surface area contributed by atoms with Crippen LogP contribution < -0.4 is 9.47 Å². The number of hydrogen-bond donors (Lipinski definition) is 1. The van der Waals surface area contributed by atoms with Crippen molar-refractivity contribution in [1.29, 1.82) is 0 Å². The molecule has 7 nitrogen and oxygen atoms in total. The van der Waals surface area contributed by atoms with Gasteiger partial charge in [0.05, 0.1) is 22.1 Å². The molecule has 2 aliphatic rings. The first-order valence-corrected chi connectivity index (χ1v) is 13.2. The Morgan fingerprint density at radius 1 is 1.17 bits per heavy atom. The number of halogens is 1. The Morgan fingerprint density at radius 3 is 2.67 bits per heavy atom. The lowest BCUT2D eigenvalue weighted by Gasteiger charge is -2.25. The van der Waals surface area contributed by atoms with Gasteiger partial charge in [0, 0.05) is 6.54 Å². The number of rotatable bonds is 9. The molecule has 1 aliphatic carbocycles. The van der Waals surface area contributed by atoms with Crippen molar-refractivity contribution in [2.45, 2.75) is 45.6 Å². The average Bonchev–Trinajstić information content (AvgIpc) is 3.12. The number of amides is 2. The summed E-state index contributed by atoms with van der Waals surface area (Å²) in [7, 11) is 0. The van der Waals surface area contributed by atoms with Crippen LogP contribution in [0.4, 0.5) is 4.79 Å². The van der Waals surface area contributed by atoms with Crippen LogP contribution in [0.15, 0.2) is 41.3 Å². The standard InChI is InChI=1S/C27H28ClNO6S/c1-2-34-22-13-19(12-21(28)24(22)35-16-18-9-6-10-20(11-18)26(31)32)14-23-25(30)29(27(33)36-23)15-17-7-4-3-5-8-17/h6,9-14,17H,2-5,7-8,15-16H2,1H3,(H,31,32)/b23-14+. The smallest absolute Gasteiger partial charge is 0.335 e. The second-order valence-electron chi connectivity index (χ2n) is 8.85. The lowest BCUT2D eigenvalue weighted by atomic mass is 9.89. The van der Waals surface area contributed by atoms with E-state index >= 15 is 0 Å². The number of carbonyl (C=O) groups excluding carboxylic acids is 2. The molecule has 0 aromatic heterocycles. The van der Waals surface area contributed by atoms with Gasteiger partial charge in [0.2, 0.25) is 0 Å². The SMILES string of the molecule is CCOc1cc(/C=C2/SC(=O)N(CC3CCCCC3)C2=O)cc(Cl)c1OCc1cccc(C(=O)O)c1. The van der Waals surface area contributed by atoms with Crippen LogP contribution in [0, 0.1) is 5.92 Å². The maximum atomic E-state index is 13.0. The van der Waals surface area contributed by atoms with E-state index in [0.717, 1.165) is 37.4 Å². The van der Waals surface area contributed by atoms with Gasteiger partial charge in [-0.2, -0.15) is 0 Å². The molecule has 4 rings (SSSR count). The van der Waals surface area contributed by atoms with Crippen LogP contribution in [0.1, 0.15) is 60.5 Å². The van der Waals surface area contributed by atoms with Gasteiger partial charge in [-0.05, 0) is 78.9 Å². The van der Waals surface area contributed by atoms with Gasteiger partial charge in [-0.3, -0.25) is 14.5 Å². The first-order chi connectivity index (χ1) is 17.4. The highest BCUT2D eigenvalue weighted by Gasteiger charge is 2.36. The molecule has 0 bridgehead atoms.